The second kappa shape index (κ2) is 23.7. The van der Waals surface area contributed by atoms with E-state index in [1.165, 1.54) is 12.1 Å². The van der Waals surface area contributed by atoms with Crippen molar-refractivity contribution in [1.29, 1.82) is 0 Å². The summed E-state index contributed by atoms with van der Waals surface area (Å²) in [5.41, 5.74) is 6.38. The maximum atomic E-state index is 11.9. The Morgan fingerprint density at radius 3 is 1.48 bits per heavy atom. The zero-order chi connectivity index (χ0) is 46.1. The minimum absolute atomic E-state index is 0.110. The number of nitrogens with one attached hydrogen (secondary N) is 2. The Kier molecular flexibility index (Phi) is 18.5. The number of nitrogens with zero attached hydrogens (tertiary/aromatic N) is 10. The maximum Gasteiger partial charge on any atom is 0.425 e. The molecule has 0 saturated carbocycles. The first-order valence-electron chi connectivity index (χ1n) is 19.9. The van der Waals surface area contributed by atoms with Crippen molar-refractivity contribution in [2.75, 3.05) is 77.8 Å². The number of benzene rings is 4. The second-order valence-corrected chi connectivity index (χ2v) is 15.4. The van der Waals surface area contributed by atoms with Crippen LogP contribution < -0.4 is 25.3 Å². The summed E-state index contributed by atoms with van der Waals surface area (Å²) >= 11 is 0. The van der Waals surface area contributed by atoms with E-state index in [9.17, 15) is 23.2 Å². The average Bonchev–Trinajstić information content (AvgIpc) is 3.24. The largest absolute Gasteiger partial charge is 0.425 e. The normalized spacial score (nSPS) is 11.3. The maximum absolute atomic E-state index is 11.9. The van der Waals surface area contributed by atoms with Gasteiger partial charge in [-0.15, -0.1) is 22.9 Å². The lowest BCUT2D eigenvalue weighted by atomic mass is 10.2. The molecule has 0 aliphatic rings. The van der Waals surface area contributed by atoms with E-state index in [-0.39, 0.29) is 54.7 Å². The van der Waals surface area contributed by atoms with Gasteiger partial charge in [-0.2, -0.15) is 33.6 Å². The molecule has 0 atom stereocenters. The molecule has 0 fully saturated rings. The van der Waals surface area contributed by atoms with Crippen LogP contribution in [0.15, 0.2) is 104 Å². The fourth-order valence-electron chi connectivity index (χ4n) is 6.15. The summed E-state index contributed by atoms with van der Waals surface area (Å²) in [6.45, 7) is 14.8. The van der Waals surface area contributed by atoms with Crippen LogP contribution in [-0.2, 0) is 20.7 Å². The molecule has 0 bridgehead atoms. The van der Waals surface area contributed by atoms with E-state index >= 15 is 0 Å². The Hall–Kier alpha value is -6.46. The van der Waals surface area contributed by atoms with Gasteiger partial charge in [0.2, 0.25) is 17.8 Å². The number of aromatic nitrogens is 3. The second-order valence-electron chi connectivity index (χ2n) is 13.5. The molecule has 5 rings (SSSR count). The van der Waals surface area contributed by atoms with Crippen molar-refractivity contribution < 1.29 is 35.8 Å². The van der Waals surface area contributed by atoms with E-state index in [4.69, 9.17) is 27.6 Å². The topological polar surface area (TPSA) is 268 Å². The third-order valence-corrected chi connectivity index (χ3v) is 10.3. The Labute approximate surface area is 368 Å². The van der Waals surface area contributed by atoms with Crippen LogP contribution in [0, 0.1) is 13.8 Å². The van der Waals surface area contributed by atoms with Crippen molar-refractivity contribution in [2.45, 2.75) is 46.4 Å². The van der Waals surface area contributed by atoms with Gasteiger partial charge in [0.15, 0.2) is 0 Å². The van der Waals surface area contributed by atoms with Gasteiger partial charge in [0.05, 0.1) is 40.9 Å². The van der Waals surface area contributed by atoms with Gasteiger partial charge in [0.1, 0.15) is 11.4 Å². The summed E-state index contributed by atoms with van der Waals surface area (Å²) in [5, 5.41) is 44.6. The molecule has 0 aliphatic heterocycles. The summed E-state index contributed by atoms with van der Waals surface area (Å²) in [5.74, 6) is 0.430. The van der Waals surface area contributed by atoms with Crippen LogP contribution in [0.5, 0.6) is 0 Å². The number of aliphatic hydroxyl groups excluding tert-OH is 2. The van der Waals surface area contributed by atoms with Gasteiger partial charge in [-0.25, -0.2) is 0 Å². The highest BCUT2D eigenvalue weighted by molar-refractivity contribution is 7.85. The van der Waals surface area contributed by atoms with Gasteiger partial charge in [-0.3, -0.25) is 4.55 Å². The smallest absolute Gasteiger partial charge is 0.395 e. The lowest BCUT2D eigenvalue weighted by Gasteiger charge is -2.24. The third-order valence-electron chi connectivity index (χ3n) is 9.48. The molecule has 0 aliphatic carbocycles. The minimum Gasteiger partial charge on any atom is -0.395 e. The number of hydrogen-bond donors (Lipinski definition) is 5. The van der Waals surface area contributed by atoms with Crippen molar-refractivity contribution in [1.82, 2.24) is 15.0 Å². The summed E-state index contributed by atoms with van der Waals surface area (Å²) in [6.07, 6.45) is 0. The van der Waals surface area contributed by atoms with Crippen LogP contribution >= 0.6 is 0 Å². The molecule has 336 valence electrons. The Morgan fingerprint density at radius 1 is 0.587 bits per heavy atom. The van der Waals surface area contributed by atoms with Crippen LogP contribution in [0.1, 0.15) is 38.8 Å². The predicted octanol–water partition coefficient (Wildman–Crippen LogP) is 7.53. The van der Waals surface area contributed by atoms with Gasteiger partial charge in [-0.05, 0) is 107 Å². The van der Waals surface area contributed by atoms with Crippen LogP contribution in [-0.4, -0.2) is 103 Å². The number of rotatable bonds is 20. The van der Waals surface area contributed by atoms with E-state index < -0.39 is 20.7 Å². The van der Waals surface area contributed by atoms with Gasteiger partial charge in [0, 0.05) is 50.6 Å². The van der Waals surface area contributed by atoms with Crippen LogP contribution in [0.2, 0.25) is 0 Å². The van der Waals surface area contributed by atoms with Gasteiger partial charge in [0.25, 0.3) is 10.1 Å². The van der Waals surface area contributed by atoms with Crippen molar-refractivity contribution in [3.8, 4) is 0 Å². The molecular weight excluding hydrogens is 853 g/mol. The summed E-state index contributed by atoms with van der Waals surface area (Å²) in [6, 6.07) is 23.2. The molecule has 0 spiro atoms. The molecule has 0 amide bonds. The molecule has 5 aromatic rings. The van der Waals surface area contributed by atoms with E-state index in [0.29, 0.717) is 28.3 Å². The fourth-order valence-corrected chi connectivity index (χ4v) is 6.65. The van der Waals surface area contributed by atoms with E-state index in [2.05, 4.69) is 54.7 Å². The summed E-state index contributed by atoms with van der Waals surface area (Å²) in [4.78, 5) is 19.9. The Bertz CT molecular complexity index is 2600. The molecule has 63 heavy (non-hydrogen) atoms. The van der Waals surface area contributed by atoms with E-state index in [1.807, 2.05) is 75.4 Å². The van der Waals surface area contributed by atoms with Crippen molar-refractivity contribution in [3.05, 3.63) is 90.0 Å². The van der Waals surface area contributed by atoms with Crippen LogP contribution in [0.25, 0.3) is 0 Å². The van der Waals surface area contributed by atoms with Crippen LogP contribution in [0.3, 0.4) is 0 Å². The van der Waals surface area contributed by atoms with Crippen molar-refractivity contribution in [2.24, 2.45) is 20.5 Å². The zero-order valence-electron chi connectivity index (χ0n) is 35.8. The Balaban J connectivity index is 0.00000209. The minimum atomic E-state index is -4.47. The quantitative estimate of drug-likeness (QED) is 0.0373. The molecule has 0 unspecified atom stereocenters. The highest BCUT2D eigenvalue weighted by Crippen LogP contribution is 2.37. The SMILES string of the molecule is CCN(CC)c1ccc(N=Nc2ccccc2C)c(Nc2nc(Nc3cc(N(CC)CC)ccc3N=Nc3cc(S(=O)(=O)O)ccc3C)nc(N(CCO)CCO)n2)c1.O=S(=O)=O. The molecule has 1 heterocycles. The molecule has 1 aromatic heterocycles. The molecule has 4 aromatic carbocycles. The van der Waals surface area contributed by atoms with Crippen molar-refractivity contribution >= 4 is 84.1 Å². The van der Waals surface area contributed by atoms with Crippen molar-refractivity contribution in [3.63, 3.8) is 0 Å². The van der Waals surface area contributed by atoms with Gasteiger partial charge >= 0.3 is 10.6 Å². The highest BCUT2D eigenvalue weighted by Gasteiger charge is 2.18. The lowest BCUT2D eigenvalue weighted by molar-refractivity contribution is 0.280. The number of anilines is 7. The molecule has 5 N–H and O–H groups in total. The van der Waals surface area contributed by atoms with E-state index in [0.717, 1.165) is 48.8 Å². The summed E-state index contributed by atoms with van der Waals surface area (Å²) < 4.78 is 58.8. The first-order chi connectivity index (χ1) is 30.1. The van der Waals surface area contributed by atoms with E-state index in [1.54, 1.807) is 24.0 Å². The first-order valence-corrected chi connectivity index (χ1v) is 22.4. The molecule has 0 saturated heterocycles. The molecular formula is C41H52N12O8S2. The molecule has 22 heteroatoms. The Morgan fingerprint density at radius 2 is 1.03 bits per heavy atom. The van der Waals surface area contributed by atoms with Gasteiger partial charge in [-0.1, -0.05) is 24.3 Å². The number of aryl methyl sites for hydroxylation is 2. The number of hydrogen-bond acceptors (Lipinski definition) is 19. The standard InChI is InChI=1S/C41H52N12O5S.O3S/c1-7-51(8-2)30-16-19-34(48-47-33-14-12-11-13-28(33)5)37(25-30)42-39-44-40(46-41(45-39)53(21-23-54)22-24-55)43-38-26-31(52(9-3)10-4)17-20-35(38)49-50-36-27-32(59(56,57)58)18-15-29(36)6;1-4(2)3/h11-20,25-27,54-55H,7-10,21-24H2,1-6H3,(H,56,57,58)(H2,42,43,44,45,46);. The highest BCUT2D eigenvalue weighted by atomic mass is 32.2. The number of aliphatic hydroxyl groups is 2. The summed E-state index contributed by atoms with van der Waals surface area (Å²) in [7, 11) is -7.58. The average molecular weight is 905 g/mol. The fraction of sp³-hybridized carbons (Fsp3) is 0.341. The monoisotopic (exact) mass is 904 g/mol. The first kappa shape index (κ1) is 49.2. The van der Waals surface area contributed by atoms with Gasteiger partial charge < -0.3 is 35.5 Å². The third kappa shape index (κ3) is 14.3. The lowest BCUT2D eigenvalue weighted by Crippen LogP contribution is -2.31. The molecule has 0 radical (unpaired) electrons. The van der Waals surface area contributed by atoms with Crippen LogP contribution in [0.4, 0.5) is 63.3 Å². The molecule has 20 nitrogen and oxygen atoms in total. The predicted molar refractivity (Wildman–Crippen MR) is 243 cm³/mol. The zero-order valence-corrected chi connectivity index (χ0v) is 37.5. The number of azo groups is 2.